The summed E-state index contributed by atoms with van der Waals surface area (Å²) in [5.41, 5.74) is 1.63. The zero-order valence-corrected chi connectivity index (χ0v) is 20.0. The van der Waals surface area contributed by atoms with E-state index in [9.17, 15) is 9.59 Å². The van der Waals surface area contributed by atoms with Crippen LogP contribution < -0.4 is 10.1 Å². The molecule has 168 valence electrons. The van der Waals surface area contributed by atoms with Crippen molar-refractivity contribution in [2.24, 2.45) is 0 Å². The Bertz CT molecular complexity index is 884. The fraction of sp³-hybridized carbons (Fsp3) is 0.417. The second-order valence-corrected chi connectivity index (χ2v) is 8.38. The molecule has 0 unspecified atom stereocenters. The summed E-state index contributed by atoms with van der Waals surface area (Å²) in [6.07, 6.45) is 1.24. The van der Waals surface area contributed by atoms with Crippen LogP contribution in [0.4, 0.5) is 0 Å². The van der Waals surface area contributed by atoms with Crippen molar-refractivity contribution in [3.63, 3.8) is 0 Å². The number of carbonyl (C=O) groups excluding carboxylic acids is 2. The van der Waals surface area contributed by atoms with Crippen LogP contribution in [-0.4, -0.2) is 35.4 Å². The maximum absolute atomic E-state index is 13.2. The van der Waals surface area contributed by atoms with Gasteiger partial charge in [0.2, 0.25) is 5.91 Å². The summed E-state index contributed by atoms with van der Waals surface area (Å²) in [6, 6.07) is 12.0. The van der Waals surface area contributed by atoms with E-state index in [2.05, 4.69) is 5.32 Å². The molecule has 7 heteroatoms. The first-order chi connectivity index (χ1) is 14.8. The van der Waals surface area contributed by atoms with Gasteiger partial charge >= 0.3 is 0 Å². The van der Waals surface area contributed by atoms with Crippen molar-refractivity contribution >= 4 is 35.0 Å². The maximum Gasteiger partial charge on any atom is 0.261 e. The molecule has 2 atom stereocenters. The average Bonchev–Trinajstić information content (AvgIpc) is 2.73. The quantitative estimate of drug-likeness (QED) is 0.511. The molecule has 0 aliphatic heterocycles. The number of halogens is 2. The molecule has 0 radical (unpaired) electrons. The molecule has 0 aromatic heterocycles. The van der Waals surface area contributed by atoms with Crippen LogP contribution in [0.5, 0.6) is 5.75 Å². The monoisotopic (exact) mass is 464 g/mol. The number of nitrogens with one attached hydrogen (secondary N) is 1. The van der Waals surface area contributed by atoms with Crippen molar-refractivity contribution in [3.05, 3.63) is 63.6 Å². The van der Waals surface area contributed by atoms with Gasteiger partial charge in [-0.05, 0) is 56.5 Å². The van der Waals surface area contributed by atoms with Crippen molar-refractivity contribution in [1.29, 1.82) is 0 Å². The molecule has 2 amide bonds. The lowest BCUT2D eigenvalue weighted by atomic mass is 10.1. The molecule has 0 spiro atoms. The summed E-state index contributed by atoms with van der Waals surface area (Å²) in [7, 11) is 0. The first-order valence-electron chi connectivity index (χ1n) is 10.5. The van der Waals surface area contributed by atoms with Crippen LogP contribution in [-0.2, 0) is 16.1 Å². The van der Waals surface area contributed by atoms with Gasteiger partial charge in [0, 0.05) is 28.2 Å². The van der Waals surface area contributed by atoms with Gasteiger partial charge in [-0.3, -0.25) is 9.59 Å². The molecule has 0 fully saturated rings. The van der Waals surface area contributed by atoms with E-state index in [4.69, 9.17) is 27.9 Å². The number of carbonyl (C=O) groups is 2. The highest BCUT2D eigenvalue weighted by atomic mass is 35.5. The number of nitrogens with zero attached hydrogens (tertiary/aromatic N) is 1. The van der Waals surface area contributed by atoms with E-state index < -0.39 is 6.04 Å². The summed E-state index contributed by atoms with van der Waals surface area (Å²) in [5, 5.41) is 3.87. The predicted octanol–water partition coefficient (Wildman–Crippen LogP) is 5.40. The first kappa shape index (κ1) is 25.0. The summed E-state index contributed by atoms with van der Waals surface area (Å²) in [5.74, 6) is 0.0776. The Kier molecular flexibility index (Phi) is 9.66. The van der Waals surface area contributed by atoms with E-state index >= 15 is 0 Å². The number of hydrogen-bond donors (Lipinski definition) is 1. The highest BCUT2D eigenvalue weighted by molar-refractivity contribution is 6.36. The van der Waals surface area contributed by atoms with Crippen LogP contribution in [0.15, 0.2) is 42.5 Å². The number of ether oxygens (including phenoxy) is 1. The molecule has 0 bridgehead atoms. The summed E-state index contributed by atoms with van der Waals surface area (Å²) < 4.78 is 5.72. The van der Waals surface area contributed by atoms with Gasteiger partial charge in [0.05, 0.1) is 0 Å². The van der Waals surface area contributed by atoms with Crippen molar-refractivity contribution in [2.45, 2.75) is 59.2 Å². The largest absolute Gasteiger partial charge is 0.484 e. The Morgan fingerprint density at radius 1 is 1.06 bits per heavy atom. The van der Waals surface area contributed by atoms with Crippen LogP contribution in [0.3, 0.4) is 0 Å². The maximum atomic E-state index is 13.2. The molecule has 0 heterocycles. The Morgan fingerprint density at radius 3 is 2.29 bits per heavy atom. The topological polar surface area (TPSA) is 58.6 Å². The fourth-order valence-electron chi connectivity index (χ4n) is 3.15. The Labute approximate surface area is 194 Å². The third-order valence-electron chi connectivity index (χ3n) is 5.13. The minimum absolute atomic E-state index is 0.00551. The molecule has 0 saturated carbocycles. The minimum Gasteiger partial charge on any atom is -0.484 e. The summed E-state index contributed by atoms with van der Waals surface area (Å²) in [4.78, 5) is 27.7. The molecular formula is C24H30Cl2N2O3. The molecule has 2 aromatic rings. The lowest BCUT2D eigenvalue weighted by Gasteiger charge is -2.31. The highest BCUT2D eigenvalue weighted by Gasteiger charge is 2.30. The molecule has 31 heavy (non-hydrogen) atoms. The molecule has 0 saturated heterocycles. The van der Waals surface area contributed by atoms with E-state index in [1.165, 1.54) is 4.90 Å². The van der Waals surface area contributed by atoms with Crippen molar-refractivity contribution in [1.82, 2.24) is 10.2 Å². The van der Waals surface area contributed by atoms with Crippen LogP contribution in [0.25, 0.3) is 0 Å². The standard InChI is InChI=1S/C24H30Cl2N2O3/c1-5-17(4)27-24(30)22(6-2)28(14-19-20(25)11-8-12-21(19)26)23(29)15-31-18-10-7-9-16(3)13-18/h7-13,17,22H,5-6,14-15H2,1-4H3,(H,27,30)/t17-,22+/m1/s1. The molecule has 5 nitrogen and oxygen atoms in total. The van der Waals surface area contributed by atoms with E-state index in [1.54, 1.807) is 24.3 Å². The second-order valence-electron chi connectivity index (χ2n) is 7.57. The van der Waals surface area contributed by atoms with Gasteiger partial charge in [-0.2, -0.15) is 0 Å². The van der Waals surface area contributed by atoms with Crippen molar-refractivity contribution in [2.75, 3.05) is 6.61 Å². The Hall–Kier alpha value is -2.24. The van der Waals surface area contributed by atoms with Gasteiger partial charge in [0.15, 0.2) is 6.61 Å². The van der Waals surface area contributed by atoms with Gasteiger partial charge in [0.25, 0.3) is 5.91 Å². The van der Waals surface area contributed by atoms with Crippen molar-refractivity contribution in [3.8, 4) is 5.75 Å². The van der Waals surface area contributed by atoms with Gasteiger partial charge in [0.1, 0.15) is 11.8 Å². The number of amides is 2. The minimum atomic E-state index is -0.671. The SMILES string of the molecule is CC[C@@H](C)NC(=O)[C@H](CC)N(Cc1c(Cl)cccc1Cl)C(=O)COc1cccc(C)c1. The Morgan fingerprint density at radius 2 is 1.71 bits per heavy atom. The molecule has 1 N–H and O–H groups in total. The third-order valence-corrected chi connectivity index (χ3v) is 5.84. The summed E-state index contributed by atoms with van der Waals surface area (Å²) >= 11 is 12.7. The average molecular weight is 465 g/mol. The van der Waals surface area contributed by atoms with Gasteiger partial charge in [-0.25, -0.2) is 0 Å². The zero-order valence-electron chi connectivity index (χ0n) is 18.5. The smallest absolute Gasteiger partial charge is 0.261 e. The molecule has 0 aliphatic carbocycles. The van der Waals surface area contributed by atoms with E-state index in [1.807, 2.05) is 45.9 Å². The fourth-order valence-corrected chi connectivity index (χ4v) is 3.66. The lowest BCUT2D eigenvalue weighted by Crippen LogP contribution is -2.51. The number of aryl methyl sites for hydroxylation is 1. The lowest BCUT2D eigenvalue weighted by molar-refractivity contribution is -0.143. The van der Waals surface area contributed by atoms with Crippen LogP contribution in [0.2, 0.25) is 10.0 Å². The summed E-state index contributed by atoms with van der Waals surface area (Å²) in [6.45, 7) is 7.67. The highest BCUT2D eigenvalue weighted by Crippen LogP contribution is 2.27. The number of rotatable bonds is 10. The molecule has 2 rings (SSSR count). The molecule has 2 aromatic carbocycles. The Balaban J connectivity index is 2.28. The van der Waals surface area contributed by atoms with E-state index in [0.717, 1.165) is 12.0 Å². The normalized spacial score (nSPS) is 12.7. The zero-order chi connectivity index (χ0) is 23.0. The number of hydrogen-bond acceptors (Lipinski definition) is 3. The second kappa shape index (κ2) is 12.0. The van der Waals surface area contributed by atoms with Gasteiger partial charge in [-0.1, -0.05) is 55.2 Å². The molecule has 0 aliphatic rings. The van der Waals surface area contributed by atoms with Gasteiger partial charge < -0.3 is 15.0 Å². The van der Waals surface area contributed by atoms with Crippen molar-refractivity contribution < 1.29 is 14.3 Å². The third kappa shape index (κ3) is 7.15. The van der Waals surface area contributed by atoms with E-state index in [-0.39, 0.29) is 31.0 Å². The van der Waals surface area contributed by atoms with Gasteiger partial charge in [-0.15, -0.1) is 0 Å². The van der Waals surface area contributed by atoms with Crippen LogP contribution in [0.1, 0.15) is 44.7 Å². The number of benzene rings is 2. The van der Waals surface area contributed by atoms with Crippen LogP contribution in [0, 0.1) is 6.92 Å². The first-order valence-corrected chi connectivity index (χ1v) is 11.2. The van der Waals surface area contributed by atoms with E-state index in [0.29, 0.717) is 27.8 Å². The predicted molar refractivity (Wildman–Crippen MR) is 126 cm³/mol. The van der Waals surface area contributed by atoms with Crippen LogP contribution >= 0.6 is 23.2 Å². The molecular weight excluding hydrogens is 435 g/mol.